The molecule has 120 heavy (non-hydrogen) atoms. The fourth-order valence-electron chi connectivity index (χ4n) is 17.2. The van der Waals surface area contributed by atoms with E-state index in [2.05, 4.69) is 240 Å². The summed E-state index contributed by atoms with van der Waals surface area (Å²) in [5.74, 6) is 2.39. The van der Waals surface area contributed by atoms with Crippen LogP contribution < -0.4 is 0 Å². The highest BCUT2D eigenvalue weighted by Crippen LogP contribution is 2.50. The lowest BCUT2D eigenvalue weighted by atomic mass is 9.93. The van der Waals surface area contributed by atoms with Crippen molar-refractivity contribution in [2.45, 2.75) is 0 Å². The number of hydrogen-bond acceptors (Lipinski definition) is 8. The summed E-state index contributed by atoms with van der Waals surface area (Å²) >= 11 is 3.40. The largest absolute Gasteiger partial charge is 0.309 e. The Hall–Kier alpha value is -15.5. The monoisotopic (exact) mass is 1570 g/mol. The van der Waals surface area contributed by atoms with Crippen LogP contribution in [0.3, 0.4) is 0 Å². The summed E-state index contributed by atoms with van der Waals surface area (Å²) in [6.45, 7) is 0. The molecule has 0 amide bonds. The van der Waals surface area contributed by atoms with Crippen LogP contribution >= 0.6 is 22.7 Å². The molecular weight excluding hydrogens is 1500 g/mol. The minimum Gasteiger partial charge on any atom is -0.309 e. The average Bonchev–Trinajstić information content (AvgIpc) is 1.35. The predicted octanol–water partition coefficient (Wildman–Crippen LogP) is 29.6. The third kappa shape index (κ3) is 12.2. The van der Waals surface area contributed by atoms with E-state index in [0.717, 1.165) is 125 Å². The second-order valence-electron chi connectivity index (χ2n) is 29.6. The van der Waals surface area contributed by atoms with Gasteiger partial charge in [0, 0.05) is 118 Å². The summed E-state index contributed by atoms with van der Waals surface area (Å²) in [5, 5.41) is 13.0. The molecule has 0 aliphatic heterocycles. The molecular formula is C110H68N8S2. The summed E-state index contributed by atoms with van der Waals surface area (Å²) in [5.41, 5.74) is 17.8. The van der Waals surface area contributed by atoms with Crippen LogP contribution in [-0.4, -0.2) is 39.0 Å². The van der Waals surface area contributed by atoms with Gasteiger partial charge in [0.25, 0.3) is 0 Å². The Morgan fingerprint density at radius 2 is 0.533 bits per heavy atom. The van der Waals surface area contributed by atoms with Gasteiger partial charge in [0.2, 0.25) is 0 Å². The van der Waals surface area contributed by atoms with Crippen molar-refractivity contribution < 1.29 is 13.7 Å². The molecule has 0 saturated carbocycles. The van der Waals surface area contributed by atoms with Crippen LogP contribution in [0.1, 0.15) is 13.7 Å². The van der Waals surface area contributed by atoms with Crippen molar-refractivity contribution in [2.24, 2.45) is 0 Å². The molecule has 0 unspecified atom stereocenters. The number of rotatable bonds is 12. The molecule has 0 aliphatic rings. The van der Waals surface area contributed by atoms with E-state index in [9.17, 15) is 0 Å². The zero-order valence-corrected chi connectivity index (χ0v) is 65.5. The molecule has 0 spiro atoms. The fraction of sp³-hybridized carbons (Fsp3) is 0. The first-order valence-electron chi connectivity index (χ1n) is 44.6. The van der Waals surface area contributed by atoms with Gasteiger partial charge >= 0.3 is 0 Å². The highest BCUT2D eigenvalue weighted by atomic mass is 32.1. The van der Waals surface area contributed by atoms with Gasteiger partial charge in [-0.15, -0.1) is 22.7 Å². The zero-order valence-electron chi connectivity index (χ0n) is 73.9. The van der Waals surface area contributed by atoms with E-state index >= 15 is 0 Å². The van der Waals surface area contributed by atoms with E-state index in [1.54, 1.807) is 11.3 Å². The Bertz CT molecular complexity index is 8610. The molecule has 24 aromatic rings. The van der Waals surface area contributed by atoms with Gasteiger partial charge in [0.05, 0.1) is 35.8 Å². The number of aromatic nitrogens is 8. The van der Waals surface area contributed by atoms with Gasteiger partial charge in [0.1, 0.15) is 0 Å². The normalized spacial score (nSPS) is 12.8. The Morgan fingerprint density at radius 1 is 0.192 bits per heavy atom. The maximum Gasteiger partial charge on any atom is 0.164 e. The van der Waals surface area contributed by atoms with Gasteiger partial charge in [-0.25, -0.2) is 29.9 Å². The van der Waals surface area contributed by atoms with E-state index in [-0.39, 0.29) is 53.2 Å². The summed E-state index contributed by atoms with van der Waals surface area (Å²) in [6.07, 6.45) is 0. The zero-order chi connectivity index (χ0) is 87.8. The maximum atomic E-state index is 8.96. The van der Waals surface area contributed by atoms with Crippen molar-refractivity contribution >= 4 is 128 Å². The predicted molar refractivity (Wildman–Crippen MR) is 503 cm³/mol. The molecule has 18 aromatic carbocycles. The Balaban J connectivity index is 0.000000148. The van der Waals surface area contributed by atoms with Gasteiger partial charge in [-0.2, -0.15) is 0 Å². The second-order valence-corrected chi connectivity index (χ2v) is 31.6. The third-order valence-corrected chi connectivity index (χ3v) is 25.2. The summed E-state index contributed by atoms with van der Waals surface area (Å²) in [6, 6.07) is 117. The SMILES string of the molecule is [2H]c1c([2H])c([2H])c(-c2cccc3c2sc2c(-c4ccc(-c5nc(-c6ccccc6)nc(-c6ccccc6)n5)c5ccccc45)cc(-n4c5ccccc5c5ccccc54)cc23)c([2H])c1[2H].[2H]c1c([2H])c([2H])c(-c2nc(-c3ccccc3)nc(-c3ccc4ccc(-c5cc(-n6c7ccccc7c7ccccc76)cc6c5sc5c(-c7ccccc7)cccc56)cc4c3)n2)c([2H])c1[2H]. The number of hydrogen-bond donors (Lipinski definition) is 0. The topological polar surface area (TPSA) is 87.2 Å². The van der Waals surface area contributed by atoms with Crippen molar-refractivity contribution in [2.75, 3.05) is 0 Å². The van der Waals surface area contributed by atoms with Crippen LogP contribution in [0.2, 0.25) is 0 Å². The summed E-state index contributed by atoms with van der Waals surface area (Å²) in [4.78, 5) is 29.6. The highest BCUT2D eigenvalue weighted by molar-refractivity contribution is 7.27. The third-order valence-electron chi connectivity index (χ3n) is 22.7. The summed E-state index contributed by atoms with van der Waals surface area (Å²) in [7, 11) is 0. The molecule has 6 heterocycles. The van der Waals surface area contributed by atoms with Gasteiger partial charge in [-0.05, 0) is 122 Å². The minimum absolute atomic E-state index is 0.00333. The van der Waals surface area contributed by atoms with E-state index in [1.165, 1.54) is 42.1 Å². The minimum atomic E-state index is -0.475. The molecule has 0 saturated heterocycles. The van der Waals surface area contributed by atoms with E-state index in [0.29, 0.717) is 45.8 Å². The van der Waals surface area contributed by atoms with Crippen LogP contribution in [0.25, 0.3) is 230 Å². The maximum absolute atomic E-state index is 8.96. The van der Waals surface area contributed by atoms with Crippen LogP contribution in [0.4, 0.5) is 0 Å². The smallest absolute Gasteiger partial charge is 0.164 e. The lowest BCUT2D eigenvalue weighted by molar-refractivity contribution is 1.07. The van der Waals surface area contributed by atoms with Crippen LogP contribution in [-0.2, 0) is 0 Å². The second kappa shape index (κ2) is 29.4. The summed E-state index contributed by atoms with van der Waals surface area (Å²) < 4.78 is 94.7. The Kier molecular flexibility index (Phi) is 14.7. The Labute approximate surface area is 712 Å². The molecule has 0 N–H and O–H groups in total. The van der Waals surface area contributed by atoms with E-state index in [4.69, 9.17) is 43.6 Å². The first kappa shape index (κ1) is 60.1. The van der Waals surface area contributed by atoms with Crippen molar-refractivity contribution in [1.82, 2.24) is 39.0 Å². The van der Waals surface area contributed by atoms with Crippen molar-refractivity contribution in [1.29, 1.82) is 0 Å². The molecule has 0 aliphatic carbocycles. The molecule has 560 valence electrons. The number of thiophene rings is 2. The number of benzene rings is 18. The van der Waals surface area contributed by atoms with E-state index in [1.807, 2.05) is 133 Å². The number of fused-ring (bicyclic) bond motifs is 14. The average molecular weight is 1580 g/mol. The van der Waals surface area contributed by atoms with Crippen molar-refractivity contribution in [3.8, 4) is 124 Å². The molecule has 6 aromatic heterocycles. The number of nitrogens with zero attached hydrogens (tertiary/aromatic N) is 8. The van der Waals surface area contributed by atoms with Gasteiger partial charge in [-0.3, -0.25) is 0 Å². The lowest BCUT2D eigenvalue weighted by Crippen LogP contribution is -2.00. The molecule has 24 rings (SSSR count). The van der Waals surface area contributed by atoms with Crippen LogP contribution in [0.5, 0.6) is 0 Å². The fourth-order valence-corrected chi connectivity index (χ4v) is 19.9. The lowest BCUT2D eigenvalue weighted by Gasteiger charge is -2.16. The molecule has 10 heteroatoms. The van der Waals surface area contributed by atoms with Gasteiger partial charge in [0.15, 0.2) is 34.9 Å². The van der Waals surface area contributed by atoms with Crippen LogP contribution in [0, 0.1) is 0 Å². The van der Waals surface area contributed by atoms with Crippen LogP contribution in [0.15, 0.2) is 412 Å². The first-order valence-corrected chi connectivity index (χ1v) is 41.2. The van der Waals surface area contributed by atoms with Gasteiger partial charge in [-0.1, -0.05) is 346 Å². The standard InChI is InChI=1S/2C55H34N4S/c1-4-15-36(16-5-1)43-23-14-24-46-48-34-42(59-49-25-12-10-21-44(49)45-22-11-13-26-50(45)59)33-47(52(48)60-51(43)46)39-29-27-35-28-30-40(32-41(35)31-39)55-57-53(37-17-6-2-7-18-37)56-54(58-55)38-19-8-3-9-20-38;1-4-17-35(18-5-1)39-27-16-28-45-48-34-38(59-49-29-14-12-25-43(49)44-26-13-15-30-50(44)59)33-47(52(48)60-51(39)45)42-31-32-46(41-24-11-10-23-40(41)42)55-57-53(36-19-6-2-7-20-36)56-54(58-55)37-21-8-3-9-22-37/h2*1-34H/i2D,6D,7D,17D,18D;1D,4D,5D,17D,18D. The Morgan fingerprint density at radius 3 is 1.02 bits per heavy atom. The molecule has 0 radical (unpaired) electrons. The van der Waals surface area contributed by atoms with Crippen molar-refractivity contribution in [3.05, 3.63) is 412 Å². The molecule has 8 nitrogen and oxygen atoms in total. The first-order chi connectivity index (χ1) is 63.6. The molecule has 0 fully saturated rings. The number of para-hydroxylation sites is 4. The molecule has 0 atom stereocenters. The van der Waals surface area contributed by atoms with Crippen molar-refractivity contribution in [3.63, 3.8) is 0 Å². The van der Waals surface area contributed by atoms with Gasteiger partial charge < -0.3 is 9.13 Å². The molecule has 0 bridgehead atoms. The highest BCUT2D eigenvalue weighted by Gasteiger charge is 2.25. The van der Waals surface area contributed by atoms with E-state index < -0.39 is 24.2 Å². The quantitative estimate of drug-likeness (QED) is 0.121.